The van der Waals surface area contributed by atoms with Gasteiger partial charge in [-0.25, -0.2) is 0 Å². The van der Waals surface area contributed by atoms with E-state index in [2.05, 4.69) is 5.32 Å². The zero-order valence-corrected chi connectivity index (χ0v) is 11.2. The molecule has 0 aliphatic rings. The van der Waals surface area contributed by atoms with Crippen molar-refractivity contribution < 1.29 is 9.53 Å². The van der Waals surface area contributed by atoms with E-state index < -0.39 is 0 Å². The molecule has 1 amide bonds. The lowest BCUT2D eigenvalue weighted by Crippen LogP contribution is -2.33. The number of halogens is 1. The van der Waals surface area contributed by atoms with Gasteiger partial charge in [0.1, 0.15) is 5.75 Å². The monoisotopic (exact) mass is 255 g/mol. The minimum absolute atomic E-state index is 0.0140. The zero-order chi connectivity index (χ0) is 12.8. The molecular weight excluding hydrogens is 238 g/mol. The molecule has 1 unspecified atom stereocenters. The van der Waals surface area contributed by atoms with Gasteiger partial charge < -0.3 is 10.1 Å². The number of amides is 1. The van der Waals surface area contributed by atoms with E-state index in [1.54, 1.807) is 25.3 Å². The molecule has 0 aromatic heterocycles. The summed E-state index contributed by atoms with van der Waals surface area (Å²) >= 11 is 5.90. The minimum atomic E-state index is -0.0140. The SMILES string of the molecule is CCC(C)NC(=O)Cc1cc(Cl)ccc1OC. The van der Waals surface area contributed by atoms with E-state index in [-0.39, 0.29) is 18.4 Å². The number of hydrogen-bond donors (Lipinski definition) is 1. The number of rotatable bonds is 5. The van der Waals surface area contributed by atoms with Crippen LogP contribution in [0.3, 0.4) is 0 Å². The van der Waals surface area contributed by atoms with Crippen molar-refractivity contribution in [2.45, 2.75) is 32.7 Å². The van der Waals surface area contributed by atoms with Gasteiger partial charge in [-0.1, -0.05) is 18.5 Å². The Bertz CT molecular complexity index is 393. The third kappa shape index (κ3) is 4.27. The second-order valence-corrected chi connectivity index (χ2v) is 4.45. The molecule has 0 radical (unpaired) electrons. The first-order chi connectivity index (χ1) is 8.06. The summed E-state index contributed by atoms with van der Waals surface area (Å²) in [6.45, 7) is 4.01. The highest BCUT2D eigenvalue weighted by Gasteiger charge is 2.10. The van der Waals surface area contributed by atoms with Crippen LogP contribution >= 0.6 is 11.6 Å². The van der Waals surface area contributed by atoms with Crippen LogP contribution in [0, 0.1) is 0 Å². The summed E-state index contributed by atoms with van der Waals surface area (Å²) in [5.74, 6) is 0.675. The standard InChI is InChI=1S/C13H18ClNO2/c1-4-9(2)15-13(16)8-10-7-11(14)5-6-12(10)17-3/h5-7,9H,4,8H2,1-3H3,(H,15,16). The average molecular weight is 256 g/mol. The van der Waals surface area contributed by atoms with Crippen LogP contribution in [0.15, 0.2) is 18.2 Å². The van der Waals surface area contributed by atoms with Crippen LogP contribution in [0.2, 0.25) is 5.02 Å². The Hall–Kier alpha value is -1.22. The van der Waals surface area contributed by atoms with Crippen molar-refractivity contribution >= 4 is 17.5 Å². The highest BCUT2D eigenvalue weighted by Crippen LogP contribution is 2.22. The first kappa shape index (κ1) is 13.8. The van der Waals surface area contributed by atoms with Crippen molar-refractivity contribution in [2.75, 3.05) is 7.11 Å². The van der Waals surface area contributed by atoms with Crippen molar-refractivity contribution in [1.29, 1.82) is 0 Å². The largest absolute Gasteiger partial charge is 0.496 e. The van der Waals surface area contributed by atoms with Gasteiger partial charge in [-0.15, -0.1) is 0 Å². The van der Waals surface area contributed by atoms with Crippen molar-refractivity contribution in [2.24, 2.45) is 0 Å². The maximum absolute atomic E-state index is 11.8. The molecule has 1 rings (SSSR count). The molecule has 3 nitrogen and oxygen atoms in total. The third-order valence-corrected chi connectivity index (χ3v) is 2.85. The van der Waals surface area contributed by atoms with Gasteiger partial charge in [-0.3, -0.25) is 4.79 Å². The fourth-order valence-electron chi connectivity index (χ4n) is 1.49. The number of carbonyl (C=O) groups excluding carboxylic acids is 1. The van der Waals surface area contributed by atoms with Crippen molar-refractivity contribution in [1.82, 2.24) is 5.32 Å². The lowest BCUT2D eigenvalue weighted by Gasteiger charge is -2.13. The molecule has 94 valence electrons. The Kier molecular flexibility index (Phi) is 5.29. The van der Waals surface area contributed by atoms with E-state index in [1.807, 2.05) is 13.8 Å². The number of hydrogen-bond acceptors (Lipinski definition) is 2. The lowest BCUT2D eigenvalue weighted by atomic mass is 10.1. The van der Waals surface area contributed by atoms with Crippen LogP contribution < -0.4 is 10.1 Å². The summed E-state index contributed by atoms with van der Waals surface area (Å²) in [6, 6.07) is 5.47. The molecule has 0 aliphatic carbocycles. The summed E-state index contributed by atoms with van der Waals surface area (Å²) in [4.78, 5) is 11.8. The van der Waals surface area contributed by atoms with Crippen molar-refractivity contribution in [3.8, 4) is 5.75 Å². The molecule has 0 saturated heterocycles. The molecule has 0 saturated carbocycles. The predicted molar refractivity (Wildman–Crippen MR) is 69.6 cm³/mol. The van der Waals surface area contributed by atoms with Crippen LogP contribution in [0.5, 0.6) is 5.75 Å². The fourth-order valence-corrected chi connectivity index (χ4v) is 1.68. The second-order valence-electron chi connectivity index (χ2n) is 4.01. The summed E-state index contributed by atoms with van der Waals surface area (Å²) in [5, 5.41) is 3.52. The molecule has 0 spiro atoms. The van der Waals surface area contributed by atoms with E-state index in [1.165, 1.54) is 0 Å². The second kappa shape index (κ2) is 6.50. The minimum Gasteiger partial charge on any atom is -0.496 e. The maximum Gasteiger partial charge on any atom is 0.224 e. The zero-order valence-electron chi connectivity index (χ0n) is 10.4. The number of nitrogens with one attached hydrogen (secondary N) is 1. The van der Waals surface area contributed by atoms with Gasteiger partial charge in [0, 0.05) is 16.6 Å². The van der Waals surface area contributed by atoms with Gasteiger partial charge in [0.25, 0.3) is 0 Å². The first-order valence-corrected chi connectivity index (χ1v) is 6.06. The number of ether oxygens (including phenoxy) is 1. The molecular formula is C13H18ClNO2. The quantitative estimate of drug-likeness (QED) is 0.879. The van der Waals surface area contributed by atoms with Gasteiger partial charge in [0.15, 0.2) is 0 Å². The Morgan fingerprint density at radius 2 is 2.24 bits per heavy atom. The van der Waals surface area contributed by atoms with E-state index >= 15 is 0 Å². The highest BCUT2D eigenvalue weighted by atomic mass is 35.5. The highest BCUT2D eigenvalue weighted by molar-refractivity contribution is 6.30. The van der Waals surface area contributed by atoms with E-state index in [0.717, 1.165) is 12.0 Å². The molecule has 1 N–H and O–H groups in total. The molecule has 1 aromatic rings. The van der Waals surface area contributed by atoms with Crippen molar-refractivity contribution in [3.63, 3.8) is 0 Å². The fraction of sp³-hybridized carbons (Fsp3) is 0.462. The van der Waals surface area contributed by atoms with E-state index in [9.17, 15) is 4.79 Å². The Balaban J connectivity index is 2.73. The van der Waals surface area contributed by atoms with Crippen LogP contribution in [-0.2, 0) is 11.2 Å². The molecule has 0 bridgehead atoms. The van der Waals surface area contributed by atoms with E-state index in [0.29, 0.717) is 10.8 Å². The Morgan fingerprint density at radius 3 is 2.82 bits per heavy atom. The Labute approximate surface area is 107 Å². The average Bonchev–Trinajstić information content (AvgIpc) is 2.29. The molecule has 17 heavy (non-hydrogen) atoms. The summed E-state index contributed by atoms with van der Waals surface area (Å²) < 4.78 is 5.19. The van der Waals surface area contributed by atoms with Gasteiger partial charge in [0.05, 0.1) is 13.5 Å². The number of methoxy groups -OCH3 is 1. The van der Waals surface area contributed by atoms with Crippen LogP contribution in [-0.4, -0.2) is 19.1 Å². The molecule has 0 aliphatic heterocycles. The van der Waals surface area contributed by atoms with Crippen LogP contribution in [0.1, 0.15) is 25.8 Å². The molecule has 0 heterocycles. The predicted octanol–water partition coefficient (Wildman–Crippen LogP) is 2.81. The summed E-state index contributed by atoms with van der Waals surface area (Å²) in [5.41, 5.74) is 0.806. The van der Waals surface area contributed by atoms with Crippen molar-refractivity contribution in [3.05, 3.63) is 28.8 Å². The third-order valence-electron chi connectivity index (χ3n) is 2.61. The summed E-state index contributed by atoms with van der Waals surface area (Å²) in [7, 11) is 1.58. The first-order valence-electron chi connectivity index (χ1n) is 5.68. The molecule has 0 fully saturated rings. The van der Waals surface area contributed by atoms with Gasteiger partial charge in [-0.05, 0) is 31.5 Å². The van der Waals surface area contributed by atoms with Gasteiger partial charge in [0.2, 0.25) is 5.91 Å². The summed E-state index contributed by atoms with van der Waals surface area (Å²) in [6.07, 6.45) is 1.20. The van der Waals surface area contributed by atoms with E-state index in [4.69, 9.17) is 16.3 Å². The number of benzene rings is 1. The van der Waals surface area contributed by atoms with Gasteiger partial charge >= 0.3 is 0 Å². The Morgan fingerprint density at radius 1 is 1.53 bits per heavy atom. The lowest BCUT2D eigenvalue weighted by molar-refractivity contribution is -0.121. The van der Waals surface area contributed by atoms with Crippen LogP contribution in [0.25, 0.3) is 0 Å². The van der Waals surface area contributed by atoms with Crippen LogP contribution in [0.4, 0.5) is 0 Å². The molecule has 1 atom stereocenters. The van der Waals surface area contributed by atoms with Gasteiger partial charge in [-0.2, -0.15) is 0 Å². The maximum atomic E-state index is 11.8. The topological polar surface area (TPSA) is 38.3 Å². The normalized spacial score (nSPS) is 12.0. The molecule has 4 heteroatoms. The number of carbonyl (C=O) groups is 1. The molecule has 1 aromatic carbocycles. The smallest absolute Gasteiger partial charge is 0.224 e.